The fourth-order valence-corrected chi connectivity index (χ4v) is 7.45. The number of esters is 1. The zero-order valence-corrected chi connectivity index (χ0v) is 18.1. The predicted octanol–water partition coefficient (Wildman–Crippen LogP) is 2.52. The second-order valence-electron chi connectivity index (χ2n) is 10.3. The van der Waals surface area contributed by atoms with Gasteiger partial charge in [0.25, 0.3) is 0 Å². The van der Waals surface area contributed by atoms with E-state index in [1.165, 1.54) is 6.92 Å². The molecule has 0 unspecified atom stereocenters. The minimum Gasteiger partial charge on any atom is -0.458 e. The third kappa shape index (κ3) is 2.79. The van der Waals surface area contributed by atoms with Crippen molar-refractivity contribution in [2.75, 3.05) is 6.61 Å². The molecule has 4 aliphatic rings. The van der Waals surface area contributed by atoms with Crippen molar-refractivity contribution >= 4 is 17.5 Å². The lowest BCUT2D eigenvalue weighted by molar-refractivity contribution is -0.182. The van der Waals surface area contributed by atoms with Crippen LogP contribution in [0.15, 0.2) is 23.8 Å². The van der Waals surface area contributed by atoms with Crippen LogP contribution in [0.1, 0.15) is 59.3 Å². The van der Waals surface area contributed by atoms with Crippen LogP contribution in [0, 0.1) is 28.6 Å². The molecule has 3 saturated carbocycles. The van der Waals surface area contributed by atoms with Crippen molar-refractivity contribution in [2.24, 2.45) is 28.6 Å². The van der Waals surface area contributed by atoms with Crippen LogP contribution in [0.2, 0.25) is 0 Å². The van der Waals surface area contributed by atoms with E-state index in [1.54, 1.807) is 6.08 Å². The third-order valence-electron chi connectivity index (χ3n) is 8.88. The minimum atomic E-state index is -1.63. The van der Waals surface area contributed by atoms with Crippen LogP contribution < -0.4 is 0 Å². The zero-order valence-electron chi connectivity index (χ0n) is 18.1. The second-order valence-corrected chi connectivity index (χ2v) is 10.3. The molecule has 0 bridgehead atoms. The number of Topliss-reactive ketones (excluding diaryl/α,β-unsaturated/α-hetero) is 1. The van der Waals surface area contributed by atoms with E-state index in [0.717, 1.165) is 11.1 Å². The molecule has 0 spiro atoms. The van der Waals surface area contributed by atoms with Gasteiger partial charge in [-0.15, -0.1) is 0 Å². The number of hydrogen-bond acceptors (Lipinski definition) is 6. The van der Waals surface area contributed by atoms with Crippen LogP contribution >= 0.6 is 0 Å². The van der Waals surface area contributed by atoms with Gasteiger partial charge < -0.3 is 14.9 Å². The minimum absolute atomic E-state index is 0.0358. The molecular formula is C24H32O6. The van der Waals surface area contributed by atoms with Gasteiger partial charge in [-0.3, -0.25) is 14.4 Å². The molecule has 2 N–H and O–H groups in total. The van der Waals surface area contributed by atoms with Crippen LogP contribution in [-0.2, 0) is 19.1 Å². The molecule has 0 aromatic heterocycles. The molecule has 6 nitrogen and oxygen atoms in total. The first-order chi connectivity index (χ1) is 13.9. The SMILES string of the molecule is C=C1C[C@@H]2[C@H]([C@@H](O)C[C@@]3(C)[C@H]2CC[C@]3(O)C(=O)COC(C)=O)[C@@]2(C)CCC(=O)C=C12. The Labute approximate surface area is 177 Å². The van der Waals surface area contributed by atoms with Crippen LogP contribution in [0.25, 0.3) is 0 Å². The lowest BCUT2D eigenvalue weighted by Gasteiger charge is -2.60. The Morgan fingerprint density at radius 3 is 2.67 bits per heavy atom. The van der Waals surface area contributed by atoms with Gasteiger partial charge in [0.05, 0.1) is 6.10 Å². The van der Waals surface area contributed by atoms with Gasteiger partial charge in [0.2, 0.25) is 5.78 Å². The van der Waals surface area contributed by atoms with Crippen molar-refractivity contribution in [3.8, 4) is 0 Å². The fourth-order valence-electron chi connectivity index (χ4n) is 7.45. The van der Waals surface area contributed by atoms with Crippen molar-refractivity contribution in [1.29, 1.82) is 0 Å². The summed E-state index contributed by atoms with van der Waals surface area (Å²) < 4.78 is 4.89. The Kier molecular flexibility index (Phi) is 4.90. The van der Waals surface area contributed by atoms with E-state index in [-0.39, 0.29) is 29.0 Å². The highest BCUT2D eigenvalue weighted by atomic mass is 16.5. The molecule has 0 heterocycles. The number of carbonyl (C=O) groups excluding carboxylic acids is 3. The monoisotopic (exact) mass is 416 g/mol. The van der Waals surface area contributed by atoms with Crippen LogP contribution in [0.5, 0.6) is 0 Å². The van der Waals surface area contributed by atoms with E-state index in [2.05, 4.69) is 13.5 Å². The molecule has 0 amide bonds. The summed E-state index contributed by atoms with van der Waals surface area (Å²) in [5.41, 5.74) is -0.837. The summed E-state index contributed by atoms with van der Waals surface area (Å²) in [4.78, 5) is 36.1. The van der Waals surface area contributed by atoms with Crippen molar-refractivity contribution in [1.82, 2.24) is 0 Å². The van der Waals surface area contributed by atoms with E-state index in [1.807, 2.05) is 6.92 Å². The summed E-state index contributed by atoms with van der Waals surface area (Å²) in [6.07, 6.45) is 4.12. The van der Waals surface area contributed by atoms with Gasteiger partial charge in [0.1, 0.15) is 5.60 Å². The van der Waals surface area contributed by atoms with E-state index < -0.39 is 35.5 Å². The Bertz CT molecular complexity index is 858. The van der Waals surface area contributed by atoms with Crippen LogP contribution in [-0.4, -0.2) is 46.1 Å². The van der Waals surface area contributed by atoms with Crippen LogP contribution in [0.4, 0.5) is 0 Å². The number of fused-ring (bicyclic) bond motifs is 5. The molecule has 3 fully saturated rings. The number of aliphatic hydroxyl groups excluding tert-OH is 1. The first-order valence-corrected chi connectivity index (χ1v) is 10.9. The third-order valence-corrected chi connectivity index (χ3v) is 8.88. The number of allylic oxidation sites excluding steroid dienone is 2. The molecular weight excluding hydrogens is 384 g/mol. The maximum Gasteiger partial charge on any atom is 0.303 e. The summed E-state index contributed by atoms with van der Waals surface area (Å²) in [5, 5.41) is 22.9. The molecule has 164 valence electrons. The van der Waals surface area contributed by atoms with E-state index in [0.29, 0.717) is 38.5 Å². The maximum atomic E-state index is 12.9. The molecule has 0 radical (unpaired) electrons. The average Bonchev–Trinajstić information content (AvgIpc) is 2.93. The summed E-state index contributed by atoms with van der Waals surface area (Å²) in [5.74, 6) is -0.840. The second kappa shape index (κ2) is 6.86. The van der Waals surface area contributed by atoms with E-state index in [9.17, 15) is 24.6 Å². The van der Waals surface area contributed by atoms with Gasteiger partial charge in [-0.25, -0.2) is 0 Å². The molecule has 0 aliphatic heterocycles. The topological polar surface area (TPSA) is 101 Å². The first-order valence-electron chi connectivity index (χ1n) is 10.9. The molecule has 30 heavy (non-hydrogen) atoms. The quantitative estimate of drug-likeness (QED) is 0.686. The Morgan fingerprint density at radius 2 is 2.00 bits per heavy atom. The highest BCUT2D eigenvalue weighted by Crippen LogP contribution is 2.68. The lowest BCUT2D eigenvalue weighted by atomic mass is 9.44. The number of rotatable bonds is 3. The first kappa shape index (κ1) is 21.4. The zero-order chi connectivity index (χ0) is 22.1. The highest BCUT2D eigenvalue weighted by molar-refractivity contribution is 5.93. The van der Waals surface area contributed by atoms with Gasteiger partial charge in [-0.05, 0) is 66.9 Å². The van der Waals surface area contributed by atoms with Gasteiger partial charge in [0.15, 0.2) is 12.4 Å². The largest absolute Gasteiger partial charge is 0.458 e. The number of ether oxygens (including phenoxy) is 1. The Balaban J connectivity index is 1.70. The van der Waals surface area contributed by atoms with Gasteiger partial charge in [-0.1, -0.05) is 26.0 Å². The normalized spacial score (nSPS) is 45.2. The van der Waals surface area contributed by atoms with E-state index in [4.69, 9.17) is 4.74 Å². The summed E-state index contributed by atoms with van der Waals surface area (Å²) in [7, 11) is 0. The molecule has 7 atom stereocenters. The van der Waals surface area contributed by atoms with Gasteiger partial charge in [-0.2, -0.15) is 0 Å². The summed E-state index contributed by atoms with van der Waals surface area (Å²) in [6, 6.07) is 0. The smallest absolute Gasteiger partial charge is 0.303 e. The molecule has 0 saturated heterocycles. The highest BCUT2D eigenvalue weighted by Gasteiger charge is 2.68. The number of hydrogen-bond donors (Lipinski definition) is 2. The van der Waals surface area contributed by atoms with E-state index >= 15 is 0 Å². The lowest BCUT2D eigenvalue weighted by Crippen LogP contribution is -2.62. The molecule has 6 heteroatoms. The Hall–Kier alpha value is -1.79. The summed E-state index contributed by atoms with van der Waals surface area (Å²) in [6.45, 7) is 9.08. The molecule has 0 aromatic rings. The number of aliphatic hydroxyl groups is 2. The van der Waals surface area contributed by atoms with Crippen molar-refractivity contribution in [3.05, 3.63) is 23.8 Å². The van der Waals surface area contributed by atoms with Gasteiger partial charge >= 0.3 is 5.97 Å². The molecule has 0 aromatic carbocycles. The number of carbonyl (C=O) groups is 3. The van der Waals surface area contributed by atoms with Gasteiger partial charge in [0, 0.05) is 18.8 Å². The average molecular weight is 417 g/mol. The predicted molar refractivity (Wildman–Crippen MR) is 109 cm³/mol. The van der Waals surface area contributed by atoms with Crippen molar-refractivity contribution < 1.29 is 29.3 Å². The fraction of sp³-hybridized carbons (Fsp3) is 0.708. The summed E-state index contributed by atoms with van der Waals surface area (Å²) >= 11 is 0. The van der Waals surface area contributed by atoms with Crippen molar-refractivity contribution in [3.63, 3.8) is 0 Å². The standard InChI is InChI=1S/C24H32O6/c1-13-9-16-17-6-8-24(29,20(28)12-30-14(2)25)23(17,4)11-19(27)21(16)22(3)7-5-15(26)10-18(13)22/h10,16-17,19,21,27,29H,1,5-9,11-12H2,2-4H3/t16-,17-,19-,21+,22-,23-,24-/m0/s1. The molecule has 4 rings (SSSR count). The maximum absolute atomic E-state index is 12.9. The van der Waals surface area contributed by atoms with Crippen molar-refractivity contribution in [2.45, 2.75) is 71.0 Å². The molecule has 4 aliphatic carbocycles. The Morgan fingerprint density at radius 1 is 1.30 bits per heavy atom. The number of ketones is 2. The van der Waals surface area contributed by atoms with Crippen LogP contribution in [0.3, 0.4) is 0 Å².